The van der Waals surface area contributed by atoms with Crippen LogP contribution < -0.4 is 5.73 Å². The number of aliphatic carboxylic acids is 1. The van der Waals surface area contributed by atoms with Crippen molar-refractivity contribution < 1.29 is 24.5 Å². The van der Waals surface area contributed by atoms with Crippen molar-refractivity contribution in [3.8, 4) is 0 Å². The molecule has 0 aromatic heterocycles. The molecule has 0 amide bonds. The Kier molecular flexibility index (Phi) is 4.24. The van der Waals surface area contributed by atoms with Crippen LogP contribution in [0.3, 0.4) is 0 Å². The summed E-state index contributed by atoms with van der Waals surface area (Å²) in [5.74, 6) is -2.18. The number of nitrogens with two attached hydrogens (primary N) is 1. The largest absolute Gasteiger partial charge is 0.481 e. The number of rotatable bonds is 4. The average molecular weight is 219 g/mol. The monoisotopic (exact) mass is 219 g/mol. The second kappa shape index (κ2) is 4.59. The van der Waals surface area contributed by atoms with E-state index in [0.29, 0.717) is 0 Å². The Morgan fingerprint density at radius 2 is 1.80 bits per heavy atom. The van der Waals surface area contributed by atoms with Gasteiger partial charge in [0, 0.05) is 0 Å². The molecule has 0 aromatic carbocycles. The van der Waals surface area contributed by atoms with Gasteiger partial charge in [0.2, 0.25) is 0 Å². The van der Waals surface area contributed by atoms with Crippen LogP contribution in [0.5, 0.6) is 0 Å². The van der Waals surface area contributed by atoms with E-state index in [0.717, 1.165) is 0 Å². The zero-order valence-corrected chi connectivity index (χ0v) is 9.11. The minimum atomic E-state index is -1.88. The maximum Gasteiger partial charge on any atom is 0.329 e. The number of ether oxygens (including phenoxy) is 1. The predicted molar refractivity (Wildman–Crippen MR) is 52.1 cm³/mol. The molecule has 88 valence electrons. The number of esters is 1. The molecule has 0 saturated carbocycles. The first-order chi connectivity index (χ1) is 6.60. The molecule has 4 N–H and O–H groups in total. The Morgan fingerprint density at radius 1 is 1.33 bits per heavy atom. The van der Waals surface area contributed by atoms with Crippen LogP contribution in [0.4, 0.5) is 0 Å². The molecule has 15 heavy (non-hydrogen) atoms. The van der Waals surface area contributed by atoms with Gasteiger partial charge in [-0.25, -0.2) is 4.79 Å². The van der Waals surface area contributed by atoms with Gasteiger partial charge in [-0.1, -0.05) is 0 Å². The second-order valence-corrected chi connectivity index (χ2v) is 4.39. The molecule has 0 radical (unpaired) electrons. The van der Waals surface area contributed by atoms with Crippen LogP contribution in [0.2, 0.25) is 0 Å². The summed E-state index contributed by atoms with van der Waals surface area (Å²) in [5.41, 5.74) is 2.80. The van der Waals surface area contributed by atoms with Gasteiger partial charge in [0.25, 0.3) is 0 Å². The van der Waals surface area contributed by atoms with Crippen molar-refractivity contribution in [2.75, 3.05) is 6.61 Å². The van der Waals surface area contributed by atoms with E-state index in [1.807, 2.05) is 0 Å². The number of hydrogen-bond acceptors (Lipinski definition) is 5. The van der Waals surface area contributed by atoms with E-state index in [4.69, 9.17) is 20.7 Å². The van der Waals surface area contributed by atoms with Gasteiger partial charge in [-0.15, -0.1) is 0 Å². The Balaban J connectivity index is 4.66. The van der Waals surface area contributed by atoms with E-state index in [9.17, 15) is 9.59 Å². The molecule has 1 atom stereocenters. The third-order valence-electron chi connectivity index (χ3n) is 1.55. The summed E-state index contributed by atoms with van der Waals surface area (Å²) in [6, 6.07) is 0. The highest BCUT2D eigenvalue weighted by Gasteiger charge is 2.39. The van der Waals surface area contributed by atoms with Gasteiger partial charge in [-0.3, -0.25) is 4.79 Å². The van der Waals surface area contributed by atoms with E-state index < -0.39 is 36.1 Å². The molecule has 0 aliphatic rings. The maximum absolute atomic E-state index is 11.5. The summed E-state index contributed by atoms with van der Waals surface area (Å²) in [5, 5.41) is 17.4. The summed E-state index contributed by atoms with van der Waals surface area (Å²) in [4.78, 5) is 21.9. The van der Waals surface area contributed by atoms with Crippen molar-refractivity contribution in [1.29, 1.82) is 0 Å². The molecule has 0 saturated heterocycles. The van der Waals surface area contributed by atoms with Crippen LogP contribution in [-0.4, -0.2) is 39.9 Å². The van der Waals surface area contributed by atoms with Crippen LogP contribution in [0.15, 0.2) is 0 Å². The normalized spacial score (nSPS) is 15.5. The van der Waals surface area contributed by atoms with E-state index in [1.54, 1.807) is 20.8 Å². The molecule has 0 aromatic rings. The molecule has 1 unspecified atom stereocenters. The van der Waals surface area contributed by atoms with Gasteiger partial charge in [-0.2, -0.15) is 0 Å². The highest BCUT2D eigenvalue weighted by Crippen LogP contribution is 2.15. The number of carbonyl (C=O) groups is 2. The molecule has 0 heterocycles. The van der Waals surface area contributed by atoms with Crippen LogP contribution in [0, 0.1) is 0 Å². The fraction of sp³-hybridized carbons (Fsp3) is 0.778. The first kappa shape index (κ1) is 13.9. The van der Waals surface area contributed by atoms with Crippen LogP contribution >= 0.6 is 0 Å². The van der Waals surface area contributed by atoms with Gasteiger partial charge < -0.3 is 20.7 Å². The van der Waals surface area contributed by atoms with Gasteiger partial charge in [0.05, 0.1) is 13.0 Å². The average Bonchev–Trinajstić information content (AvgIpc) is 1.99. The third-order valence-corrected chi connectivity index (χ3v) is 1.55. The molecule has 0 spiro atoms. The minimum Gasteiger partial charge on any atom is -0.481 e. The van der Waals surface area contributed by atoms with E-state index in [-0.39, 0.29) is 0 Å². The Labute approximate surface area is 88.0 Å². The number of carboxylic acids is 1. The SMILES string of the molecule is CC(C)(C)OC(=O)C(N)(CO)CC(=O)O. The molecular formula is C9H17NO5. The minimum absolute atomic E-state index is 0.668. The molecule has 0 aliphatic heterocycles. The van der Waals surface area contributed by atoms with Crippen molar-refractivity contribution in [1.82, 2.24) is 0 Å². The summed E-state index contributed by atoms with van der Waals surface area (Å²) in [6.45, 7) is 4.12. The first-order valence-electron chi connectivity index (χ1n) is 4.46. The van der Waals surface area contributed by atoms with Crippen LogP contribution in [-0.2, 0) is 14.3 Å². The molecular weight excluding hydrogens is 202 g/mol. The van der Waals surface area contributed by atoms with Crippen molar-refractivity contribution in [2.24, 2.45) is 5.73 Å². The van der Waals surface area contributed by atoms with Crippen LogP contribution in [0.25, 0.3) is 0 Å². The van der Waals surface area contributed by atoms with E-state index >= 15 is 0 Å². The summed E-state index contributed by atoms with van der Waals surface area (Å²) in [7, 11) is 0. The lowest BCUT2D eigenvalue weighted by Crippen LogP contribution is -2.55. The number of hydrogen-bond donors (Lipinski definition) is 3. The summed E-state index contributed by atoms with van der Waals surface area (Å²) < 4.78 is 4.91. The number of aliphatic hydroxyl groups excluding tert-OH is 1. The molecule has 0 fully saturated rings. The summed E-state index contributed by atoms with van der Waals surface area (Å²) in [6.07, 6.45) is -0.668. The molecule has 6 nitrogen and oxygen atoms in total. The maximum atomic E-state index is 11.5. The molecule has 0 aliphatic carbocycles. The Morgan fingerprint density at radius 3 is 2.07 bits per heavy atom. The Hall–Kier alpha value is -1.14. The highest BCUT2D eigenvalue weighted by molar-refractivity contribution is 5.86. The van der Waals surface area contributed by atoms with Crippen molar-refractivity contribution in [3.63, 3.8) is 0 Å². The van der Waals surface area contributed by atoms with Gasteiger partial charge in [0.1, 0.15) is 11.1 Å². The first-order valence-corrected chi connectivity index (χ1v) is 4.46. The Bertz CT molecular complexity index is 258. The van der Waals surface area contributed by atoms with E-state index in [2.05, 4.69) is 0 Å². The fourth-order valence-corrected chi connectivity index (χ4v) is 0.842. The third kappa shape index (κ3) is 4.75. The quantitative estimate of drug-likeness (QED) is 0.549. The molecule has 0 bridgehead atoms. The van der Waals surface area contributed by atoms with Crippen molar-refractivity contribution in [2.45, 2.75) is 38.3 Å². The predicted octanol–water partition coefficient (Wildman–Crippen LogP) is -0.507. The fourth-order valence-electron chi connectivity index (χ4n) is 0.842. The van der Waals surface area contributed by atoms with Crippen molar-refractivity contribution in [3.05, 3.63) is 0 Å². The highest BCUT2D eigenvalue weighted by atomic mass is 16.6. The van der Waals surface area contributed by atoms with Gasteiger partial charge in [0.15, 0.2) is 0 Å². The molecule has 6 heteroatoms. The van der Waals surface area contributed by atoms with E-state index in [1.165, 1.54) is 0 Å². The lowest BCUT2D eigenvalue weighted by molar-refractivity contribution is -0.166. The topological polar surface area (TPSA) is 110 Å². The van der Waals surface area contributed by atoms with Crippen LogP contribution in [0.1, 0.15) is 27.2 Å². The smallest absolute Gasteiger partial charge is 0.329 e. The van der Waals surface area contributed by atoms with Gasteiger partial charge in [-0.05, 0) is 20.8 Å². The zero-order chi connectivity index (χ0) is 12.3. The second-order valence-electron chi connectivity index (χ2n) is 4.39. The lowest BCUT2D eigenvalue weighted by atomic mass is 9.97. The number of carboxylic acid groups (broad SMARTS) is 1. The van der Waals surface area contributed by atoms with Gasteiger partial charge >= 0.3 is 11.9 Å². The van der Waals surface area contributed by atoms with Crippen molar-refractivity contribution >= 4 is 11.9 Å². The standard InChI is InChI=1S/C9H17NO5/c1-8(2,3)15-7(14)9(10,5-11)4-6(12)13/h11H,4-5,10H2,1-3H3,(H,12,13). The lowest BCUT2D eigenvalue weighted by Gasteiger charge is -2.28. The number of aliphatic hydroxyl groups is 1. The number of carbonyl (C=O) groups excluding carboxylic acids is 1. The molecule has 0 rings (SSSR count). The zero-order valence-electron chi connectivity index (χ0n) is 9.11. The summed E-state index contributed by atoms with van der Waals surface area (Å²) >= 11 is 0.